The maximum atomic E-state index is 12.5. The fourth-order valence-electron chi connectivity index (χ4n) is 3.30. The number of hydrogen-bond donors (Lipinski definition) is 2. The van der Waals surface area contributed by atoms with E-state index in [0.29, 0.717) is 24.1 Å². The number of amides is 1. The third-order valence-corrected chi connectivity index (χ3v) is 4.76. The molecule has 1 aromatic carbocycles. The number of anilines is 2. The summed E-state index contributed by atoms with van der Waals surface area (Å²) in [7, 11) is 0. The Morgan fingerprint density at radius 2 is 2.11 bits per heavy atom. The normalized spacial score (nSPS) is 16.6. The molecule has 1 fully saturated rings. The summed E-state index contributed by atoms with van der Waals surface area (Å²) < 4.78 is 5.55. The van der Waals surface area contributed by atoms with Crippen molar-refractivity contribution in [1.29, 1.82) is 0 Å². The Morgan fingerprint density at radius 1 is 1.30 bits per heavy atom. The minimum absolute atomic E-state index is 0.107. The highest BCUT2D eigenvalue weighted by Crippen LogP contribution is 2.29. The molecule has 0 bridgehead atoms. The first-order valence-corrected chi connectivity index (χ1v) is 9.56. The zero-order chi connectivity index (χ0) is 19.4. The molecular weight excluding hydrogens is 340 g/mol. The van der Waals surface area contributed by atoms with Gasteiger partial charge in [-0.1, -0.05) is 32.0 Å². The Balaban J connectivity index is 1.78. The van der Waals surface area contributed by atoms with E-state index in [4.69, 9.17) is 4.74 Å². The lowest BCUT2D eigenvalue weighted by Crippen LogP contribution is -2.32. The maximum absolute atomic E-state index is 12.5. The van der Waals surface area contributed by atoms with Crippen molar-refractivity contribution in [3.8, 4) is 0 Å². The number of aryl methyl sites for hydroxylation is 2. The molecule has 2 heterocycles. The van der Waals surface area contributed by atoms with Crippen molar-refractivity contribution in [2.75, 3.05) is 18.5 Å². The molecule has 1 aliphatic rings. The number of carbonyl (C=O) groups excluding carboxylic acids is 1. The fourth-order valence-corrected chi connectivity index (χ4v) is 3.30. The minimum Gasteiger partial charge on any atom is -0.376 e. The Labute approximate surface area is 160 Å². The van der Waals surface area contributed by atoms with E-state index in [1.807, 2.05) is 6.92 Å². The largest absolute Gasteiger partial charge is 0.376 e. The highest BCUT2D eigenvalue weighted by atomic mass is 16.5. The van der Waals surface area contributed by atoms with E-state index in [9.17, 15) is 4.79 Å². The molecular formula is C21H28N4O2. The zero-order valence-corrected chi connectivity index (χ0v) is 16.5. The van der Waals surface area contributed by atoms with Crippen LogP contribution in [0, 0.1) is 13.8 Å². The fraction of sp³-hybridized carbons (Fsp3) is 0.476. The molecule has 1 aliphatic heterocycles. The Hall–Kier alpha value is -2.47. The Bertz CT molecular complexity index is 814. The first-order chi connectivity index (χ1) is 12.9. The molecule has 6 nitrogen and oxygen atoms in total. The summed E-state index contributed by atoms with van der Waals surface area (Å²) in [6.07, 6.45) is 2.15. The van der Waals surface area contributed by atoms with Crippen LogP contribution in [0.25, 0.3) is 0 Å². The van der Waals surface area contributed by atoms with Gasteiger partial charge in [-0.3, -0.25) is 4.79 Å². The van der Waals surface area contributed by atoms with Gasteiger partial charge in [0, 0.05) is 24.5 Å². The first-order valence-electron chi connectivity index (χ1n) is 9.56. The van der Waals surface area contributed by atoms with Crippen molar-refractivity contribution in [2.45, 2.75) is 52.6 Å². The lowest BCUT2D eigenvalue weighted by Gasteiger charge is -2.17. The molecule has 6 heteroatoms. The lowest BCUT2D eigenvalue weighted by molar-refractivity contribution is 0.0853. The molecule has 0 aliphatic carbocycles. The zero-order valence-electron chi connectivity index (χ0n) is 16.5. The monoisotopic (exact) mass is 368 g/mol. The van der Waals surface area contributed by atoms with Crippen molar-refractivity contribution in [2.24, 2.45) is 0 Å². The second kappa shape index (κ2) is 8.48. The minimum atomic E-state index is -0.201. The van der Waals surface area contributed by atoms with E-state index in [0.717, 1.165) is 36.4 Å². The molecule has 1 aromatic heterocycles. The molecule has 3 rings (SSSR count). The van der Waals surface area contributed by atoms with Gasteiger partial charge in [0.2, 0.25) is 5.95 Å². The highest BCUT2D eigenvalue weighted by molar-refractivity contribution is 5.92. The molecule has 2 N–H and O–H groups in total. The van der Waals surface area contributed by atoms with E-state index in [1.165, 1.54) is 5.56 Å². The van der Waals surface area contributed by atoms with Gasteiger partial charge in [0.15, 0.2) is 0 Å². The van der Waals surface area contributed by atoms with Crippen molar-refractivity contribution >= 4 is 17.5 Å². The van der Waals surface area contributed by atoms with Gasteiger partial charge in [-0.15, -0.1) is 0 Å². The predicted molar refractivity (Wildman–Crippen MR) is 107 cm³/mol. The van der Waals surface area contributed by atoms with E-state index < -0.39 is 0 Å². The standard InChI is InChI=1S/C21H28N4O2/c1-13(2)17-9-5-7-14(3)19(17)25-21-23-15(4)11-18(24-21)20(26)22-12-16-8-6-10-27-16/h5,7,9,11,13,16H,6,8,10,12H2,1-4H3,(H,22,26)(H,23,24,25). The van der Waals surface area contributed by atoms with Crippen LogP contribution in [0.2, 0.25) is 0 Å². The van der Waals surface area contributed by atoms with Gasteiger partial charge in [-0.25, -0.2) is 9.97 Å². The summed E-state index contributed by atoms with van der Waals surface area (Å²) in [4.78, 5) is 21.4. The van der Waals surface area contributed by atoms with Crippen LogP contribution in [0.1, 0.15) is 59.9 Å². The smallest absolute Gasteiger partial charge is 0.270 e. The van der Waals surface area contributed by atoms with Crippen LogP contribution in [0.5, 0.6) is 0 Å². The molecule has 0 saturated carbocycles. The number of para-hydroxylation sites is 1. The molecule has 144 valence electrons. The topological polar surface area (TPSA) is 76.1 Å². The van der Waals surface area contributed by atoms with Gasteiger partial charge in [0.25, 0.3) is 5.91 Å². The molecule has 1 atom stereocenters. The summed E-state index contributed by atoms with van der Waals surface area (Å²) >= 11 is 0. The van der Waals surface area contributed by atoms with Crippen LogP contribution < -0.4 is 10.6 Å². The second-order valence-corrected chi connectivity index (χ2v) is 7.38. The van der Waals surface area contributed by atoms with Gasteiger partial charge in [-0.2, -0.15) is 0 Å². The van der Waals surface area contributed by atoms with Crippen molar-refractivity contribution < 1.29 is 9.53 Å². The molecule has 2 aromatic rings. The van der Waals surface area contributed by atoms with E-state index in [1.54, 1.807) is 6.07 Å². The average molecular weight is 368 g/mol. The number of nitrogens with zero attached hydrogens (tertiary/aromatic N) is 2. The third kappa shape index (κ3) is 4.83. The average Bonchev–Trinajstić information content (AvgIpc) is 3.14. The van der Waals surface area contributed by atoms with Crippen LogP contribution >= 0.6 is 0 Å². The van der Waals surface area contributed by atoms with Crippen LogP contribution in [0.3, 0.4) is 0 Å². The number of benzene rings is 1. The molecule has 0 spiro atoms. The summed E-state index contributed by atoms with van der Waals surface area (Å²) in [5.74, 6) is 0.604. The number of aromatic nitrogens is 2. The van der Waals surface area contributed by atoms with Gasteiger partial charge in [0.1, 0.15) is 5.69 Å². The predicted octanol–water partition coefficient (Wildman–Crippen LogP) is 3.87. The van der Waals surface area contributed by atoms with Gasteiger partial charge in [0.05, 0.1) is 6.10 Å². The van der Waals surface area contributed by atoms with Crippen LogP contribution in [-0.4, -0.2) is 35.1 Å². The lowest BCUT2D eigenvalue weighted by atomic mass is 9.98. The number of hydrogen-bond acceptors (Lipinski definition) is 5. The SMILES string of the molecule is Cc1cc(C(=O)NCC2CCCO2)nc(Nc2c(C)cccc2C(C)C)n1. The molecule has 27 heavy (non-hydrogen) atoms. The van der Waals surface area contributed by atoms with Gasteiger partial charge >= 0.3 is 0 Å². The summed E-state index contributed by atoms with van der Waals surface area (Å²) in [5.41, 5.74) is 4.43. The number of ether oxygens (including phenoxy) is 1. The molecule has 1 amide bonds. The van der Waals surface area contributed by atoms with Crippen molar-refractivity contribution in [1.82, 2.24) is 15.3 Å². The molecule has 1 saturated heterocycles. The second-order valence-electron chi connectivity index (χ2n) is 7.38. The number of nitrogens with one attached hydrogen (secondary N) is 2. The quantitative estimate of drug-likeness (QED) is 0.809. The maximum Gasteiger partial charge on any atom is 0.270 e. The highest BCUT2D eigenvalue weighted by Gasteiger charge is 2.18. The summed E-state index contributed by atoms with van der Waals surface area (Å²) in [5, 5.41) is 6.25. The van der Waals surface area contributed by atoms with Crippen LogP contribution in [0.15, 0.2) is 24.3 Å². The van der Waals surface area contributed by atoms with E-state index in [-0.39, 0.29) is 12.0 Å². The van der Waals surface area contributed by atoms with Crippen LogP contribution in [0.4, 0.5) is 11.6 Å². The summed E-state index contributed by atoms with van der Waals surface area (Å²) in [6, 6.07) is 7.92. The third-order valence-electron chi connectivity index (χ3n) is 4.76. The van der Waals surface area contributed by atoms with Crippen molar-refractivity contribution in [3.05, 3.63) is 46.8 Å². The number of carbonyl (C=O) groups is 1. The first kappa shape index (κ1) is 19.3. The molecule has 1 unspecified atom stereocenters. The Kier molecular flexibility index (Phi) is 6.06. The Morgan fingerprint density at radius 3 is 2.81 bits per heavy atom. The van der Waals surface area contributed by atoms with Crippen molar-refractivity contribution in [3.63, 3.8) is 0 Å². The van der Waals surface area contributed by atoms with E-state index >= 15 is 0 Å². The van der Waals surface area contributed by atoms with Gasteiger partial charge in [-0.05, 0) is 49.8 Å². The molecule has 0 radical (unpaired) electrons. The number of rotatable bonds is 6. The van der Waals surface area contributed by atoms with Crippen LogP contribution in [-0.2, 0) is 4.74 Å². The van der Waals surface area contributed by atoms with Gasteiger partial charge < -0.3 is 15.4 Å². The summed E-state index contributed by atoms with van der Waals surface area (Å²) in [6.45, 7) is 9.52. The van der Waals surface area contributed by atoms with E-state index in [2.05, 4.69) is 59.6 Å².